The Hall–Kier alpha value is -4.38. The van der Waals surface area contributed by atoms with E-state index in [-0.39, 0.29) is 5.92 Å². The third-order valence-electron chi connectivity index (χ3n) is 6.96. The van der Waals surface area contributed by atoms with Gasteiger partial charge in [-0.1, -0.05) is 44.2 Å². The number of fused-ring (bicyclic) bond motifs is 3. The second-order valence-electron chi connectivity index (χ2n) is 9.83. The molecule has 0 radical (unpaired) electrons. The third kappa shape index (κ3) is 4.14. The Bertz CT molecular complexity index is 1700. The lowest BCUT2D eigenvalue weighted by atomic mass is 10.00. The standard InChI is InChI=1S/C33H23F4N/c1-19(2)28-5-3-4-6-31(28)38-32-9-7-20(22-11-24(34)17-25(35)12-22)15-29(32)30-16-21(8-10-33(30)38)23-13-26(36)18-27(37)14-23/h3-19H,1-2H3. The van der Waals surface area contributed by atoms with Gasteiger partial charge in [0.2, 0.25) is 0 Å². The first-order chi connectivity index (χ1) is 18.3. The SMILES string of the molecule is CC(C)c1ccccc1-n1c2ccc(-c3cc(F)cc(F)c3)cc2c2cc(-c3cc(F)cc(F)c3)ccc21. The predicted molar refractivity (Wildman–Crippen MR) is 146 cm³/mol. The highest BCUT2D eigenvalue weighted by Crippen LogP contribution is 2.39. The van der Waals surface area contributed by atoms with Crippen LogP contribution in [0, 0.1) is 23.3 Å². The summed E-state index contributed by atoms with van der Waals surface area (Å²) in [5.74, 6) is -2.33. The first-order valence-electron chi connectivity index (χ1n) is 12.4. The van der Waals surface area contributed by atoms with Gasteiger partial charge in [-0.2, -0.15) is 0 Å². The van der Waals surface area contributed by atoms with E-state index in [4.69, 9.17) is 0 Å². The van der Waals surface area contributed by atoms with Gasteiger partial charge >= 0.3 is 0 Å². The van der Waals surface area contributed by atoms with E-state index < -0.39 is 23.3 Å². The van der Waals surface area contributed by atoms with Gasteiger partial charge in [0.15, 0.2) is 0 Å². The molecule has 6 aromatic rings. The molecule has 0 saturated carbocycles. The minimum absolute atomic E-state index is 0.266. The van der Waals surface area contributed by atoms with Crippen LogP contribution in [0.5, 0.6) is 0 Å². The fourth-order valence-corrected chi connectivity index (χ4v) is 5.26. The lowest BCUT2D eigenvalue weighted by molar-refractivity contribution is 0.583. The van der Waals surface area contributed by atoms with Crippen molar-refractivity contribution in [1.82, 2.24) is 4.57 Å². The zero-order valence-corrected chi connectivity index (χ0v) is 20.8. The van der Waals surface area contributed by atoms with Crippen molar-refractivity contribution in [3.8, 4) is 27.9 Å². The zero-order chi connectivity index (χ0) is 26.6. The number of rotatable bonds is 4. The Morgan fingerprint density at radius 2 is 0.947 bits per heavy atom. The van der Waals surface area contributed by atoms with Crippen LogP contribution in [0.25, 0.3) is 49.7 Å². The van der Waals surface area contributed by atoms with Crippen molar-refractivity contribution in [2.45, 2.75) is 19.8 Å². The molecule has 0 spiro atoms. The first kappa shape index (κ1) is 24.0. The van der Waals surface area contributed by atoms with Crippen LogP contribution >= 0.6 is 0 Å². The molecule has 38 heavy (non-hydrogen) atoms. The van der Waals surface area contributed by atoms with E-state index in [0.717, 1.165) is 39.6 Å². The van der Waals surface area contributed by atoms with Crippen LogP contribution in [0.2, 0.25) is 0 Å². The summed E-state index contributed by atoms with van der Waals surface area (Å²) in [6, 6.07) is 26.5. The molecule has 0 aliphatic carbocycles. The monoisotopic (exact) mass is 509 g/mol. The van der Waals surface area contributed by atoms with Crippen LogP contribution in [-0.2, 0) is 0 Å². The molecule has 1 heterocycles. The van der Waals surface area contributed by atoms with Crippen molar-refractivity contribution < 1.29 is 17.6 Å². The van der Waals surface area contributed by atoms with Crippen molar-refractivity contribution in [3.05, 3.63) is 126 Å². The van der Waals surface area contributed by atoms with Gasteiger partial charge in [0.25, 0.3) is 0 Å². The summed E-state index contributed by atoms with van der Waals surface area (Å²) in [6.45, 7) is 4.28. The molecule has 188 valence electrons. The molecule has 6 rings (SSSR count). The van der Waals surface area contributed by atoms with E-state index in [1.54, 1.807) is 0 Å². The lowest BCUT2D eigenvalue weighted by Gasteiger charge is -2.16. The maximum atomic E-state index is 14.0. The third-order valence-corrected chi connectivity index (χ3v) is 6.96. The normalized spacial score (nSPS) is 11.7. The second kappa shape index (κ2) is 9.18. The summed E-state index contributed by atoms with van der Waals surface area (Å²) in [5, 5.41) is 1.72. The van der Waals surface area contributed by atoms with Gasteiger partial charge in [-0.3, -0.25) is 0 Å². The molecule has 0 aliphatic rings. The molecular weight excluding hydrogens is 486 g/mol. The van der Waals surface area contributed by atoms with Gasteiger partial charge < -0.3 is 4.57 Å². The zero-order valence-electron chi connectivity index (χ0n) is 20.8. The van der Waals surface area contributed by atoms with Crippen LogP contribution in [0.3, 0.4) is 0 Å². The van der Waals surface area contributed by atoms with Crippen molar-refractivity contribution in [3.63, 3.8) is 0 Å². The number of nitrogens with zero attached hydrogens (tertiary/aromatic N) is 1. The van der Waals surface area contributed by atoms with E-state index in [2.05, 4.69) is 30.5 Å². The molecule has 1 aromatic heterocycles. The fraction of sp³-hybridized carbons (Fsp3) is 0.0909. The van der Waals surface area contributed by atoms with Gasteiger partial charge in [-0.05, 0) is 88.3 Å². The van der Waals surface area contributed by atoms with E-state index in [0.29, 0.717) is 22.3 Å². The van der Waals surface area contributed by atoms with Crippen LogP contribution < -0.4 is 0 Å². The topological polar surface area (TPSA) is 4.93 Å². The van der Waals surface area contributed by atoms with E-state index in [9.17, 15) is 17.6 Å². The van der Waals surface area contributed by atoms with Crippen molar-refractivity contribution >= 4 is 21.8 Å². The molecule has 0 saturated heterocycles. The molecule has 5 aromatic carbocycles. The number of hydrogen-bond donors (Lipinski definition) is 0. The smallest absolute Gasteiger partial charge is 0.126 e. The highest BCUT2D eigenvalue weighted by atomic mass is 19.1. The Balaban J connectivity index is 1.68. The minimum atomic E-state index is -0.649. The largest absolute Gasteiger partial charge is 0.309 e. The van der Waals surface area contributed by atoms with Crippen LogP contribution in [0.1, 0.15) is 25.3 Å². The Morgan fingerprint density at radius 3 is 1.39 bits per heavy atom. The highest BCUT2D eigenvalue weighted by molar-refractivity contribution is 6.11. The quantitative estimate of drug-likeness (QED) is 0.208. The van der Waals surface area contributed by atoms with Crippen LogP contribution in [-0.4, -0.2) is 4.57 Å². The molecule has 0 unspecified atom stereocenters. The molecule has 5 heteroatoms. The first-order valence-corrected chi connectivity index (χ1v) is 12.4. The summed E-state index contributed by atoms with van der Waals surface area (Å²) < 4.78 is 58.3. The number of aromatic nitrogens is 1. The van der Waals surface area contributed by atoms with Gasteiger partial charge in [0, 0.05) is 28.6 Å². The molecule has 0 bridgehead atoms. The van der Waals surface area contributed by atoms with Crippen molar-refractivity contribution in [2.75, 3.05) is 0 Å². The van der Waals surface area contributed by atoms with Gasteiger partial charge in [0.05, 0.1) is 11.0 Å². The van der Waals surface area contributed by atoms with Gasteiger partial charge in [0.1, 0.15) is 23.3 Å². The summed E-state index contributed by atoms with van der Waals surface area (Å²) in [6.07, 6.45) is 0. The Morgan fingerprint density at radius 1 is 0.500 bits per heavy atom. The van der Waals surface area contributed by atoms with E-state index in [1.165, 1.54) is 29.8 Å². The number of hydrogen-bond acceptors (Lipinski definition) is 0. The van der Waals surface area contributed by atoms with Crippen LogP contribution in [0.15, 0.2) is 97.1 Å². The average molecular weight is 510 g/mol. The van der Waals surface area contributed by atoms with Gasteiger partial charge in [-0.25, -0.2) is 17.6 Å². The molecule has 0 atom stereocenters. The highest BCUT2D eigenvalue weighted by Gasteiger charge is 2.18. The number of para-hydroxylation sites is 1. The predicted octanol–water partition coefficient (Wildman–Crippen LogP) is 9.80. The molecule has 0 N–H and O–H groups in total. The van der Waals surface area contributed by atoms with E-state index in [1.807, 2.05) is 48.5 Å². The average Bonchev–Trinajstić information content (AvgIpc) is 3.20. The van der Waals surface area contributed by atoms with Crippen molar-refractivity contribution in [1.29, 1.82) is 0 Å². The van der Waals surface area contributed by atoms with Crippen molar-refractivity contribution in [2.24, 2.45) is 0 Å². The second-order valence-corrected chi connectivity index (χ2v) is 9.83. The Kier molecular flexibility index (Phi) is 5.79. The summed E-state index contributed by atoms with van der Waals surface area (Å²) in [5.41, 5.74) is 6.19. The molecule has 0 aliphatic heterocycles. The molecule has 0 amide bonds. The Labute approximate surface area is 217 Å². The molecule has 1 nitrogen and oxygen atoms in total. The number of halogens is 4. The van der Waals surface area contributed by atoms with Gasteiger partial charge in [-0.15, -0.1) is 0 Å². The summed E-state index contributed by atoms with van der Waals surface area (Å²) >= 11 is 0. The van der Waals surface area contributed by atoms with E-state index >= 15 is 0 Å². The summed E-state index contributed by atoms with van der Waals surface area (Å²) in [4.78, 5) is 0. The lowest BCUT2D eigenvalue weighted by Crippen LogP contribution is -2.01. The number of benzene rings is 5. The van der Waals surface area contributed by atoms with Crippen LogP contribution in [0.4, 0.5) is 17.6 Å². The molecule has 0 fully saturated rings. The molecular formula is C33H23F4N. The minimum Gasteiger partial charge on any atom is -0.309 e. The maximum Gasteiger partial charge on any atom is 0.126 e. The maximum absolute atomic E-state index is 14.0. The summed E-state index contributed by atoms with van der Waals surface area (Å²) in [7, 11) is 0. The fourth-order valence-electron chi connectivity index (χ4n) is 5.26.